The zero-order valence-electron chi connectivity index (χ0n) is 8.30. The molecule has 0 heterocycles. The summed E-state index contributed by atoms with van der Waals surface area (Å²) in [6, 6.07) is 1.26. The van der Waals surface area contributed by atoms with Gasteiger partial charge in [-0.15, -0.1) is 0 Å². The van der Waals surface area contributed by atoms with E-state index in [1.165, 1.54) is 6.07 Å². The zero-order chi connectivity index (χ0) is 10.9. The van der Waals surface area contributed by atoms with Crippen LogP contribution in [-0.2, 0) is 6.61 Å². The van der Waals surface area contributed by atoms with E-state index in [0.717, 1.165) is 0 Å². The monoisotopic (exact) mass is 300 g/mol. The van der Waals surface area contributed by atoms with Gasteiger partial charge in [0.15, 0.2) is 0 Å². The van der Waals surface area contributed by atoms with E-state index in [4.69, 9.17) is 16.7 Å². The summed E-state index contributed by atoms with van der Waals surface area (Å²) in [5.74, 6) is -1.34. The van der Waals surface area contributed by atoms with E-state index in [2.05, 4.69) is 15.9 Å². The first-order valence-corrected chi connectivity index (χ1v) is 4.95. The van der Waals surface area contributed by atoms with Crippen LogP contribution < -0.4 is 34.7 Å². The molecule has 0 radical (unpaired) electrons. The molecule has 0 amide bonds. The van der Waals surface area contributed by atoms with Gasteiger partial charge in [-0.1, -0.05) is 11.6 Å². The zero-order valence-corrected chi connectivity index (χ0v) is 12.6. The number of aliphatic hydroxyl groups is 1. The topological polar surface area (TPSA) is 60.4 Å². The van der Waals surface area contributed by atoms with Crippen LogP contribution >= 0.6 is 27.5 Å². The molecule has 0 fully saturated rings. The van der Waals surface area contributed by atoms with Gasteiger partial charge in [0.25, 0.3) is 0 Å². The minimum Gasteiger partial charge on any atom is -0.545 e. The third-order valence-corrected chi connectivity index (χ3v) is 3.51. The fraction of sp³-hybridized carbons (Fsp3) is 0.222. The van der Waals surface area contributed by atoms with E-state index in [1.807, 2.05) is 0 Å². The molecule has 0 unspecified atom stereocenters. The minimum atomic E-state index is -1.34. The third-order valence-electron chi connectivity index (χ3n) is 1.97. The third kappa shape index (κ3) is 3.19. The Morgan fingerprint density at radius 1 is 1.67 bits per heavy atom. The number of hydrogen-bond acceptors (Lipinski definition) is 3. The average molecular weight is 301 g/mol. The molecule has 0 spiro atoms. The number of carbonyl (C=O) groups is 1. The van der Waals surface area contributed by atoms with E-state index in [-0.39, 0.29) is 41.7 Å². The fourth-order valence-electron chi connectivity index (χ4n) is 1.18. The molecule has 0 atom stereocenters. The van der Waals surface area contributed by atoms with Crippen molar-refractivity contribution in [3.05, 3.63) is 32.3 Å². The maximum atomic E-state index is 10.7. The van der Waals surface area contributed by atoms with Crippen molar-refractivity contribution < 1.29 is 44.6 Å². The summed E-state index contributed by atoms with van der Waals surface area (Å²) in [6.45, 7) is 1.32. The van der Waals surface area contributed by atoms with Crippen LogP contribution in [0.25, 0.3) is 0 Å². The second kappa shape index (κ2) is 6.23. The van der Waals surface area contributed by atoms with Crippen LogP contribution in [0.1, 0.15) is 21.5 Å². The van der Waals surface area contributed by atoms with Crippen molar-refractivity contribution in [3.8, 4) is 0 Å². The molecule has 76 valence electrons. The summed E-state index contributed by atoms with van der Waals surface area (Å²) in [7, 11) is 0. The molecule has 6 heteroatoms. The van der Waals surface area contributed by atoms with E-state index < -0.39 is 5.97 Å². The maximum absolute atomic E-state index is 10.7. The molecule has 0 aromatic heterocycles. The second-order valence-electron chi connectivity index (χ2n) is 2.77. The van der Waals surface area contributed by atoms with Crippen molar-refractivity contribution in [1.82, 2.24) is 0 Å². The number of carboxylic acids is 1. The molecule has 0 saturated carbocycles. The Labute approximate surface area is 123 Å². The molecular formula is C9H7BrClNaO3. The Balaban J connectivity index is 0.00000196. The van der Waals surface area contributed by atoms with Crippen molar-refractivity contribution >= 4 is 33.5 Å². The van der Waals surface area contributed by atoms with Gasteiger partial charge >= 0.3 is 29.6 Å². The van der Waals surface area contributed by atoms with Crippen LogP contribution in [0.2, 0.25) is 5.02 Å². The Morgan fingerprint density at radius 2 is 2.20 bits per heavy atom. The number of benzene rings is 1. The molecule has 1 aromatic carbocycles. The summed E-state index contributed by atoms with van der Waals surface area (Å²) in [4.78, 5) is 10.7. The van der Waals surface area contributed by atoms with Crippen LogP contribution in [0.15, 0.2) is 10.5 Å². The summed E-state index contributed by atoms with van der Waals surface area (Å²) >= 11 is 8.97. The number of halogens is 2. The van der Waals surface area contributed by atoms with Crippen LogP contribution in [0.4, 0.5) is 0 Å². The second-order valence-corrected chi connectivity index (χ2v) is 3.97. The number of aromatic carboxylic acids is 1. The van der Waals surface area contributed by atoms with E-state index in [9.17, 15) is 9.90 Å². The molecule has 1 rings (SSSR count). The predicted molar refractivity (Wildman–Crippen MR) is 54.1 cm³/mol. The van der Waals surface area contributed by atoms with Crippen molar-refractivity contribution in [1.29, 1.82) is 0 Å². The van der Waals surface area contributed by atoms with Gasteiger partial charge in [-0.05, 0) is 40.0 Å². The van der Waals surface area contributed by atoms with Gasteiger partial charge in [-0.2, -0.15) is 0 Å². The Bertz CT molecular complexity index is 395. The van der Waals surface area contributed by atoms with Gasteiger partial charge in [0.05, 0.1) is 17.6 Å². The van der Waals surface area contributed by atoms with Crippen LogP contribution in [0, 0.1) is 6.92 Å². The van der Waals surface area contributed by atoms with E-state index >= 15 is 0 Å². The van der Waals surface area contributed by atoms with E-state index in [0.29, 0.717) is 20.6 Å². The summed E-state index contributed by atoms with van der Waals surface area (Å²) < 4.78 is 0.591. The molecule has 0 aliphatic carbocycles. The number of rotatable bonds is 2. The van der Waals surface area contributed by atoms with Crippen molar-refractivity contribution in [2.45, 2.75) is 13.5 Å². The van der Waals surface area contributed by atoms with Gasteiger partial charge in [0, 0.05) is 10.0 Å². The molecule has 1 aromatic rings. The van der Waals surface area contributed by atoms with Crippen LogP contribution in [0.3, 0.4) is 0 Å². The molecule has 0 aliphatic rings. The first-order chi connectivity index (χ1) is 6.49. The molecule has 1 N–H and O–H groups in total. The largest absolute Gasteiger partial charge is 1.00 e. The number of carbonyl (C=O) groups excluding carboxylic acids is 1. The smallest absolute Gasteiger partial charge is 0.545 e. The van der Waals surface area contributed by atoms with E-state index in [1.54, 1.807) is 6.92 Å². The molecule has 3 nitrogen and oxygen atoms in total. The molecule has 0 bridgehead atoms. The first-order valence-electron chi connectivity index (χ1n) is 3.78. The Morgan fingerprint density at radius 3 is 2.60 bits per heavy atom. The van der Waals surface area contributed by atoms with Crippen molar-refractivity contribution in [3.63, 3.8) is 0 Å². The standard InChI is InChI=1S/C9H8BrClO3.Na/c1-4-6(3-12)5(9(13)14)2-7(11)8(4)10;/h2,12H,3H2,1H3,(H,13,14);/q;+1/p-1. The average Bonchev–Trinajstić information content (AvgIpc) is 2.13. The molecule has 15 heavy (non-hydrogen) atoms. The van der Waals surface area contributed by atoms with Gasteiger partial charge in [-0.25, -0.2) is 0 Å². The molecule has 0 saturated heterocycles. The van der Waals surface area contributed by atoms with Crippen molar-refractivity contribution in [2.75, 3.05) is 0 Å². The maximum Gasteiger partial charge on any atom is 1.00 e. The number of aliphatic hydroxyl groups excluding tert-OH is 1. The Hall–Kier alpha value is 0.420. The molecular weight excluding hydrogens is 294 g/mol. The fourth-order valence-corrected chi connectivity index (χ4v) is 1.78. The minimum absolute atomic E-state index is 0. The van der Waals surface area contributed by atoms with Gasteiger partial charge in [0.1, 0.15) is 0 Å². The van der Waals surface area contributed by atoms with Gasteiger partial charge in [-0.3, -0.25) is 0 Å². The van der Waals surface area contributed by atoms with Gasteiger partial charge in [0.2, 0.25) is 0 Å². The summed E-state index contributed by atoms with van der Waals surface area (Å²) in [6.07, 6.45) is 0. The summed E-state index contributed by atoms with van der Waals surface area (Å²) in [5, 5.41) is 20.0. The van der Waals surface area contributed by atoms with Crippen LogP contribution in [0.5, 0.6) is 0 Å². The van der Waals surface area contributed by atoms with Crippen LogP contribution in [-0.4, -0.2) is 11.1 Å². The quantitative estimate of drug-likeness (QED) is 0.661. The van der Waals surface area contributed by atoms with Crippen molar-refractivity contribution in [2.24, 2.45) is 0 Å². The first kappa shape index (κ1) is 15.4. The normalized spacial score (nSPS) is 9.60. The number of carboxylic acid groups (broad SMARTS) is 1. The number of hydrogen-bond donors (Lipinski definition) is 1. The SMILES string of the molecule is Cc1c(Br)c(Cl)cc(C(=O)[O-])c1CO.[Na+]. The Kier molecular flexibility index (Phi) is 6.40. The molecule has 0 aliphatic heterocycles. The summed E-state index contributed by atoms with van der Waals surface area (Å²) in [5.41, 5.74) is 0.860. The van der Waals surface area contributed by atoms with Gasteiger partial charge < -0.3 is 15.0 Å². The predicted octanol–water partition coefficient (Wildman–Crippen LogP) is -1.73.